The van der Waals surface area contributed by atoms with E-state index in [2.05, 4.69) is 15.3 Å². The topological polar surface area (TPSA) is 40.7 Å². The van der Waals surface area contributed by atoms with Crippen molar-refractivity contribution in [2.24, 2.45) is 0 Å². The van der Waals surface area contributed by atoms with Crippen molar-refractivity contribution in [3.8, 4) is 0 Å². The molecule has 1 aliphatic heterocycles. The minimum absolute atomic E-state index is 0.271. The Morgan fingerprint density at radius 2 is 2.28 bits per heavy atom. The van der Waals surface area contributed by atoms with Gasteiger partial charge in [0, 0.05) is 24.2 Å². The number of hydrogen-bond acceptors (Lipinski definition) is 2. The summed E-state index contributed by atoms with van der Waals surface area (Å²) in [7, 11) is 0. The lowest BCUT2D eigenvalue weighted by molar-refractivity contribution is 0.518. The van der Waals surface area contributed by atoms with Crippen LogP contribution in [0.25, 0.3) is 0 Å². The number of imidazole rings is 1. The van der Waals surface area contributed by atoms with Crippen LogP contribution in [0.4, 0.5) is 4.39 Å². The van der Waals surface area contributed by atoms with Crippen LogP contribution >= 0.6 is 11.6 Å². The predicted octanol–water partition coefficient (Wildman–Crippen LogP) is 2.75. The van der Waals surface area contributed by atoms with Gasteiger partial charge in [0.15, 0.2) is 0 Å². The van der Waals surface area contributed by atoms with Gasteiger partial charge in [-0.25, -0.2) is 9.37 Å². The highest BCUT2D eigenvalue weighted by molar-refractivity contribution is 6.32. The van der Waals surface area contributed by atoms with Crippen LogP contribution in [0.5, 0.6) is 0 Å². The highest BCUT2D eigenvalue weighted by Crippen LogP contribution is 2.34. The van der Waals surface area contributed by atoms with Crippen LogP contribution in [0.15, 0.2) is 18.5 Å². The molecule has 3 nitrogen and oxygen atoms in total. The fraction of sp³-hybridized carbons (Fsp3) is 0.308. The third-order valence-corrected chi connectivity index (χ3v) is 3.86. The maximum atomic E-state index is 14.1. The molecule has 3 rings (SSSR count). The predicted molar refractivity (Wildman–Crippen MR) is 68.3 cm³/mol. The molecule has 1 aromatic carbocycles. The van der Waals surface area contributed by atoms with Gasteiger partial charge in [-0.2, -0.15) is 0 Å². The zero-order valence-electron chi connectivity index (χ0n) is 9.93. The van der Waals surface area contributed by atoms with Crippen molar-refractivity contribution in [2.75, 3.05) is 6.54 Å². The van der Waals surface area contributed by atoms with Crippen LogP contribution in [0.2, 0.25) is 5.02 Å². The molecular weight excluding hydrogens is 253 g/mol. The fourth-order valence-corrected chi connectivity index (χ4v) is 2.66. The molecule has 0 saturated carbocycles. The summed E-state index contributed by atoms with van der Waals surface area (Å²) < 4.78 is 14.1. The van der Waals surface area contributed by atoms with E-state index in [9.17, 15) is 4.39 Å². The number of nitrogens with zero attached hydrogens (tertiary/aromatic N) is 1. The average molecular weight is 266 g/mol. The zero-order valence-corrected chi connectivity index (χ0v) is 10.7. The van der Waals surface area contributed by atoms with Gasteiger partial charge in [0.1, 0.15) is 5.82 Å². The van der Waals surface area contributed by atoms with Gasteiger partial charge >= 0.3 is 0 Å². The molecule has 0 radical (unpaired) electrons. The van der Waals surface area contributed by atoms with Gasteiger partial charge in [-0.15, -0.1) is 0 Å². The molecule has 1 aliphatic rings. The Morgan fingerprint density at radius 3 is 3.11 bits per heavy atom. The molecule has 1 atom stereocenters. The Balaban J connectivity index is 2.16. The van der Waals surface area contributed by atoms with Crippen LogP contribution in [0.1, 0.15) is 28.6 Å². The molecule has 0 bridgehead atoms. The molecule has 2 heterocycles. The van der Waals surface area contributed by atoms with Crippen LogP contribution in [-0.4, -0.2) is 16.5 Å². The maximum Gasteiger partial charge on any atom is 0.129 e. The number of aromatic nitrogens is 2. The van der Waals surface area contributed by atoms with Gasteiger partial charge in [0.05, 0.1) is 23.1 Å². The van der Waals surface area contributed by atoms with Gasteiger partial charge in [0.25, 0.3) is 0 Å². The number of halogens is 2. The monoisotopic (exact) mass is 265 g/mol. The molecule has 0 fully saturated rings. The number of hydrogen-bond donors (Lipinski definition) is 2. The van der Waals surface area contributed by atoms with E-state index in [0.717, 1.165) is 29.9 Å². The number of fused-ring (bicyclic) bond motifs is 1. The van der Waals surface area contributed by atoms with Crippen molar-refractivity contribution in [2.45, 2.75) is 19.4 Å². The quantitative estimate of drug-likeness (QED) is 0.832. The third-order valence-electron chi connectivity index (χ3n) is 3.36. The van der Waals surface area contributed by atoms with Crippen LogP contribution in [-0.2, 0) is 6.42 Å². The van der Waals surface area contributed by atoms with Crippen molar-refractivity contribution in [3.63, 3.8) is 0 Å². The summed E-state index contributed by atoms with van der Waals surface area (Å²) in [5.74, 6) is -0.293. The normalized spacial score (nSPS) is 18.7. The Bertz CT molecular complexity index is 594. The van der Waals surface area contributed by atoms with E-state index >= 15 is 0 Å². The lowest BCUT2D eigenvalue weighted by atomic mass is 9.96. The molecule has 0 saturated heterocycles. The third kappa shape index (κ3) is 1.72. The highest BCUT2D eigenvalue weighted by Gasteiger charge is 2.28. The minimum atomic E-state index is -0.293. The van der Waals surface area contributed by atoms with E-state index in [1.807, 2.05) is 6.92 Å². The van der Waals surface area contributed by atoms with Gasteiger partial charge in [-0.3, -0.25) is 0 Å². The van der Waals surface area contributed by atoms with Crippen molar-refractivity contribution in [3.05, 3.63) is 51.8 Å². The average Bonchev–Trinajstić information content (AvgIpc) is 2.83. The summed E-state index contributed by atoms with van der Waals surface area (Å²) in [6.07, 6.45) is 2.52. The SMILES string of the molecule is Cc1ccc(F)c(C2NCCc3[nH]cnc32)c1Cl. The second-order valence-electron chi connectivity index (χ2n) is 4.50. The van der Waals surface area contributed by atoms with Crippen molar-refractivity contribution in [1.29, 1.82) is 0 Å². The summed E-state index contributed by atoms with van der Waals surface area (Å²) in [6.45, 7) is 2.66. The molecule has 2 aromatic rings. The number of aryl methyl sites for hydroxylation is 1. The van der Waals surface area contributed by atoms with E-state index in [-0.39, 0.29) is 11.9 Å². The smallest absolute Gasteiger partial charge is 0.129 e. The number of H-pyrrole nitrogens is 1. The number of nitrogens with one attached hydrogen (secondary N) is 2. The number of rotatable bonds is 1. The van der Waals surface area contributed by atoms with Crippen LogP contribution in [0.3, 0.4) is 0 Å². The highest BCUT2D eigenvalue weighted by atomic mass is 35.5. The molecule has 0 amide bonds. The Labute approximate surface area is 109 Å². The number of benzene rings is 1. The van der Waals surface area contributed by atoms with E-state index in [1.54, 1.807) is 12.4 Å². The Kier molecular flexibility index (Phi) is 2.84. The maximum absolute atomic E-state index is 14.1. The van der Waals surface area contributed by atoms with Crippen LogP contribution in [0, 0.1) is 12.7 Å². The number of aromatic amines is 1. The van der Waals surface area contributed by atoms with Crippen LogP contribution < -0.4 is 5.32 Å². The first kappa shape index (κ1) is 11.7. The van der Waals surface area contributed by atoms with Crippen molar-refractivity contribution >= 4 is 11.6 Å². The van der Waals surface area contributed by atoms with Gasteiger partial charge in [-0.05, 0) is 18.6 Å². The van der Waals surface area contributed by atoms with E-state index < -0.39 is 0 Å². The summed E-state index contributed by atoms with van der Waals surface area (Å²) >= 11 is 6.25. The first-order chi connectivity index (χ1) is 8.68. The van der Waals surface area contributed by atoms with E-state index in [4.69, 9.17) is 11.6 Å². The lowest BCUT2D eigenvalue weighted by Gasteiger charge is -2.25. The minimum Gasteiger partial charge on any atom is -0.348 e. The van der Waals surface area contributed by atoms with Gasteiger partial charge in [0.2, 0.25) is 0 Å². The fourth-order valence-electron chi connectivity index (χ4n) is 2.40. The Hall–Kier alpha value is -1.39. The summed E-state index contributed by atoms with van der Waals surface area (Å²) in [6, 6.07) is 2.88. The molecular formula is C13H13ClFN3. The zero-order chi connectivity index (χ0) is 12.7. The molecule has 1 unspecified atom stereocenters. The largest absolute Gasteiger partial charge is 0.348 e. The molecule has 1 aromatic heterocycles. The summed E-state index contributed by atoms with van der Waals surface area (Å²) in [5.41, 5.74) is 3.26. The van der Waals surface area contributed by atoms with Crippen molar-refractivity contribution in [1.82, 2.24) is 15.3 Å². The van der Waals surface area contributed by atoms with E-state index in [0.29, 0.717) is 10.6 Å². The first-order valence-electron chi connectivity index (χ1n) is 5.88. The second-order valence-corrected chi connectivity index (χ2v) is 4.87. The summed E-state index contributed by atoms with van der Waals surface area (Å²) in [4.78, 5) is 7.38. The second kappa shape index (κ2) is 4.37. The molecule has 0 spiro atoms. The molecule has 18 heavy (non-hydrogen) atoms. The van der Waals surface area contributed by atoms with E-state index in [1.165, 1.54) is 6.07 Å². The molecule has 94 valence electrons. The first-order valence-corrected chi connectivity index (χ1v) is 6.26. The molecule has 0 aliphatic carbocycles. The van der Waals surface area contributed by atoms with Gasteiger partial charge in [-0.1, -0.05) is 17.7 Å². The van der Waals surface area contributed by atoms with Gasteiger partial charge < -0.3 is 10.3 Å². The van der Waals surface area contributed by atoms with Crippen molar-refractivity contribution < 1.29 is 4.39 Å². The Morgan fingerprint density at radius 1 is 1.44 bits per heavy atom. The molecule has 5 heteroatoms. The standard InChI is InChI=1S/C13H13ClFN3/c1-7-2-3-8(15)10(11(7)14)13-12-9(4-5-16-13)17-6-18-12/h2-3,6,13,16H,4-5H2,1H3,(H,17,18). The lowest BCUT2D eigenvalue weighted by Crippen LogP contribution is -2.31. The summed E-state index contributed by atoms with van der Waals surface area (Å²) in [5, 5.41) is 3.75. The molecule has 2 N–H and O–H groups in total.